The molecule has 0 aliphatic carbocycles. The molecule has 2 aliphatic heterocycles. The van der Waals surface area contributed by atoms with E-state index in [4.69, 9.17) is 0 Å². The van der Waals surface area contributed by atoms with Gasteiger partial charge in [-0.25, -0.2) is 0 Å². The van der Waals surface area contributed by atoms with Gasteiger partial charge < -0.3 is 5.32 Å². The Morgan fingerprint density at radius 3 is 3.44 bits per heavy atom. The fourth-order valence-corrected chi connectivity index (χ4v) is 1.15. The molecule has 2 aliphatic rings. The van der Waals surface area contributed by atoms with Crippen molar-refractivity contribution in [2.75, 3.05) is 6.54 Å². The number of carbonyl (C=O) groups is 1. The van der Waals surface area contributed by atoms with Gasteiger partial charge in [0, 0.05) is 18.7 Å². The van der Waals surface area contributed by atoms with E-state index in [0.717, 1.165) is 6.54 Å². The van der Waals surface area contributed by atoms with Gasteiger partial charge in [0.05, 0.1) is 0 Å². The summed E-state index contributed by atoms with van der Waals surface area (Å²) in [4.78, 5) is 10.8. The first-order valence-electron chi connectivity index (χ1n) is 2.94. The van der Waals surface area contributed by atoms with Gasteiger partial charge in [-0.1, -0.05) is 0 Å². The summed E-state index contributed by atoms with van der Waals surface area (Å²) in [7, 11) is 0. The number of hydrogen-bond donors (Lipinski definition) is 2. The third-order valence-corrected chi connectivity index (χ3v) is 1.70. The van der Waals surface area contributed by atoms with Crippen LogP contribution in [0.25, 0.3) is 0 Å². The maximum absolute atomic E-state index is 10.8. The monoisotopic (exact) mass is 125 g/mol. The number of amides is 1. The van der Waals surface area contributed by atoms with E-state index >= 15 is 0 Å². The number of rotatable bonds is 0. The van der Waals surface area contributed by atoms with Gasteiger partial charge in [0.25, 0.3) is 0 Å². The average Bonchev–Trinajstić information content (AvgIpc) is 2.35. The molecular formula is C5H7N3O. The third-order valence-electron chi connectivity index (χ3n) is 1.70. The average molecular weight is 125 g/mol. The molecule has 48 valence electrons. The third kappa shape index (κ3) is 0.526. The predicted molar refractivity (Wildman–Crippen MR) is 31.9 cm³/mol. The highest BCUT2D eigenvalue weighted by Crippen LogP contribution is 2.11. The Morgan fingerprint density at radius 2 is 2.67 bits per heavy atom. The lowest BCUT2D eigenvalue weighted by molar-refractivity contribution is -0.120. The van der Waals surface area contributed by atoms with Crippen LogP contribution >= 0.6 is 0 Å². The van der Waals surface area contributed by atoms with Gasteiger partial charge in [-0.15, -0.1) is 0 Å². The number of carbonyl (C=O) groups excluding carboxylic acids is 1. The molecule has 2 rings (SSSR count). The highest BCUT2D eigenvalue weighted by molar-refractivity contribution is 5.90. The zero-order chi connectivity index (χ0) is 6.27. The molecule has 9 heavy (non-hydrogen) atoms. The zero-order valence-electron chi connectivity index (χ0n) is 4.79. The quantitative estimate of drug-likeness (QED) is 0.422. The van der Waals surface area contributed by atoms with Gasteiger partial charge in [-0.05, 0) is 0 Å². The van der Waals surface area contributed by atoms with Gasteiger partial charge in [-0.2, -0.15) is 5.10 Å². The van der Waals surface area contributed by atoms with Gasteiger partial charge in [0.2, 0.25) is 5.91 Å². The fourth-order valence-electron chi connectivity index (χ4n) is 1.15. The van der Waals surface area contributed by atoms with Crippen LogP contribution in [0.2, 0.25) is 0 Å². The van der Waals surface area contributed by atoms with Crippen LogP contribution in [0.1, 0.15) is 0 Å². The Hall–Kier alpha value is -1.06. The standard InChI is InChI=1S/C5H7N3O/c9-5-4-3(1-6-5)2-7-8-4/h2-4,8H,1H2,(H,6,9). The highest BCUT2D eigenvalue weighted by atomic mass is 16.2. The summed E-state index contributed by atoms with van der Waals surface area (Å²) in [5.74, 6) is 0.356. The number of nitrogens with one attached hydrogen (secondary N) is 2. The van der Waals surface area contributed by atoms with E-state index in [-0.39, 0.29) is 17.9 Å². The van der Waals surface area contributed by atoms with Crippen molar-refractivity contribution in [3.05, 3.63) is 0 Å². The summed E-state index contributed by atoms with van der Waals surface area (Å²) < 4.78 is 0. The Morgan fingerprint density at radius 1 is 1.78 bits per heavy atom. The van der Waals surface area contributed by atoms with Gasteiger partial charge in [0.1, 0.15) is 6.04 Å². The molecule has 1 saturated heterocycles. The second-order valence-electron chi connectivity index (χ2n) is 2.29. The van der Waals surface area contributed by atoms with Crippen LogP contribution in [0.3, 0.4) is 0 Å². The van der Waals surface area contributed by atoms with Crippen molar-refractivity contribution in [3.8, 4) is 0 Å². The topological polar surface area (TPSA) is 53.5 Å². The van der Waals surface area contributed by atoms with Gasteiger partial charge in [0.15, 0.2) is 0 Å². The highest BCUT2D eigenvalue weighted by Gasteiger charge is 2.36. The Balaban J connectivity index is 2.22. The first kappa shape index (κ1) is 4.78. The van der Waals surface area contributed by atoms with Crippen LogP contribution < -0.4 is 10.7 Å². The molecule has 4 nitrogen and oxygen atoms in total. The lowest BCUT2D eigenvalue weighted by Crippen LogP contribution is -2.32. The summed E-state index contributed by atoms with van der Waals surface area (Å²) in [5.41, 5.74) is 2.73. The molecule has 0 aromatic heterocycles. The normalized spacial score (nSPS) is 38.0. The van der Waals surface area contributed by atoms with E-state index in [1.807, 2.05) is 0 Å². The molecule has 0 spiro atoms. The van der Waals surface area contributed by atoms with Crippen LogP contribution in [0.15, 0.2) is 5.10 Å². The molecule has 0 bridgehead atoms. The number of nitrogens with zero attached hydrogens (tertiary/aromatic N) is 1. The predicted octanol–water partition coefficient (Wildman–Crippen LogP) is -1.31. The molecule has 0 aromatic rings. The molecular weight excluding hydrogens is 118 g/mol. The first-order valence-corrected chi connectivity index (χ1v) is 2.94. The van der Waals surface area contributed by atoms with Gasteiger partial charge in [-0.3, -0.25) is 10.2 Å². The minimum absolute atomic E-state index is 0.0671. The van der Waals surface area contributed by atoms with Crippen molar-refractivity contribution in [2.45, 2.75) is 6.04 Å². The van der Waals surface area contributed by atoms with Crippen molar-refractivity contribution in [1.29, 1.82) is 0 Å². The Bertz CT molecular complexity index is 177. The SMILES string of the molecule is O=C1NCC2C=NNC12. The number of fused-ring (bicyclic) bond motifs is 1. The molecule has 2 heterocycles. The summed E-state index contributed by atoms with van der Waals surface area (Å²) in [6.07, 6.45) is 1.78. The molecule has 0 aromatic carbocycles. The molecule has 1 fully saturated rings. The molecule has 0 saturated carbocycles. The van der Waals surface area contributed by atoms with Crippen molar-refractivity contribution in [2.24, 2.45) is 11.0 Å². The molecule has 1 amide bonds. The molecule has 4 heteroatoms. The summed E-state index contributed by atoms with van der Waals surface area (Å²) in [5, 5.41) is 6.51. The Kier molecular flexibility index (Phi) is 0.777. The van der Waals surface area contributed by atoms with E-state index in [1.165, 1.54) is 0 Å². The van der Waals surface area contributed by atoms with Crippen molar-refractivity contribution in [1.82, 2.24) is 10.7 Å². The van der Waals surface area contributed by atoms with Crippen LogP contribution in [0.5, 0.6) is 0 Å². The Labute approximate surface area is 52.3 Å². The van der Waals surface area contributed by atoms with E-state index < -0.39 is 0 Å². The lowest BCUT2D eigenvalue weighted by atomic mass is 10.1. The largest absolute Gasteiger partial charge is 0.353 e. The van der Waals surface area contributed by atoms with Crippen molar-refractivity contribution < 1.29 is 4.79 Å². The molecule has 2 N–H and O–H groups in total. The summed E-state index contributed by atoms with van der Waals surface area (Å²) >= 11 is 0. The van der Waals surface area contributed by atoms with Crippen LogP contribution in [-0.2, 0) is 4.79 Å². The molecule has 0 radical (unpaired) electrons. The summed E-state index contributed by atoms with van der Waals surface area (Å²) in [6.45, 7) is 0.736. The van der Waals surface area contributed by atoms with Crippen LogP contribution in [0.4, 0.5) is 0 Å². The van der Waals surface area contributed by atoms with E-state index in [9.17, 15) is 4.79 Å². The second-order valence-corrected chi connectivity index (χ2v) is 2.29. The van der Waals surface area contributed by atoms with Crippen molar-refractivity contribution in [3.63, 3.8) is 0 Å². The van der Waals surface area contributed by atoms with Crippen LogP contribution in [-0.4, -0.2) is 24.7 Å². The van der Waals surface area contributed by atoms with Crippen LogP contribution in [0, 0.1) is 5.92 Å². The zero-order valence-corrected chi connectivity index (χ0v) is 4.79. The minimum atomic E-state index is -0.0787. The van der Waals surface area contributed by atoms with Gasteiger partial charge >= 0.3 is 0 Å². The summed E-state index contributed by atoms with van der Waals surface area (Å²) in [6, 6.07) is -0.0787. The van der Waals surface area contributed by atoms with Crippen molar-refractivity contribution >= 4 is 12.1 Å². The molecule has 2 atom stereocenters. The minimum Gasteiger partial charge on any atom is -0.353 e. The van der Waals surface area contributed by atoms with E-state index in [0.29, 0.717) is 0 Å². The number of hydrogen-bond acceptors (Lipinski definition) is 3. The first-order chi connectivity index (χ1) is 4.38. The molecule has 2 unspecified atom stereocenters. The number of hydrazone groups is 1. The van der Waals surface area contributed by atoms with E-state index in [1.54, 1.807) is 6.21 Å². The van der Waals surface area contributed by atoms with E-state index in [2.05, 4.69) is 15.8 Å². The second kappa shape index (κ2) is 1.46. The maximum atomic E-state index is 10.8. The maximum Gasteiger partial charge on any atom is 0.244 e. The lowest BCUT2D eigenvalue weighted by Gasteiger charge is -2.00. The fraction of sp³-hybridized carbons (Fsp3) is 0.600. The smallest absolute Gasteiger partial charge is 0.244 e.